The summed E-state index contributed by atoms with van der Waals surface area (Å²) in [5.74, 6) is -0.697. The first-order chi connectivity index (χ1) is 13.6. The van der Waals surface area contributed by atoms with E-state index in [0.29, 0.717) is 32.4 Å². The monoisotopic (exact) mass is 429 g/mol. The average Bonchev–Trinajstić information content (AvgIpc) is 3.24. The molecule has 4 rings (SSSR count). The van der Waals surface area contributed by atoms with Gasteiger partial charge in [0.05, 0.1) is 21.3 Å². The lowest BCUT2D eigenvalue weighted by molar-refractivity contribution is -0.136. The number of rotatable bonds is 3. The first-order valence-corrected chi connectivity index (χ1v) is 9.86. The number of carbonyl (C=O) groups is 2. The Bertz CT molecular complexity index is 985. The number of fused-ring (bicyclic) bond motifs is 1. The molecule has 0 atom stereocenters. The molecule has 2 aliphatic rings. The number of hydrogen-bond acceptors (Lipinski definition) is 5. The van der Waals surface area contributed by atoms with Gasteiger partial charge in [0.2, 0.25) is 5.88 Å². The number of carbonyl (C=O) groups excluding carboxylic acids is 1. The van der Waals surface area contributed by atoms with Crippen LogP contribution in [0.25, 0.3) is 10.2 Å². The topological polar surface area (TPSA) is 91.8 Å². The number of thiophene rings is 1. The van der Waals surface area contributed by atoms with Gasteiger partial charge >= 0.3 is 12.3 Å². The van der Waals surface area contributed by atoms with Gasteiger partial charge in [-0.1, -0.05) is 0 Å². The Morgan fingerprint density at radius 2 is 2.14 bits per heavy atom. The normalized spacial score (nSPS) is 24.0. The van der Waals surface area contributed by atoms with E-state index in [9.17, 15) is 22.8 Å². The van der Waals surface area contributed by atoms with Gasteiger partial charge in [0.15, 0.2) is 0 Å². The van der Waals surface area contributed by atoms with Crippen LogP contribution in [0.5, 0.6) is 5.88 Å². The molecule has 156 valence electrons. The Hall–Kier alpha value is -2.56. The molecule has 11 heteroatoms. The second kappa shape index (κ2) is 6.75. The molecular weight excluding hydrogens is 411 g/mol. The van der Waals surface area contributed by atoms with Crippen molar-refractivity contribution in [2.24, 2.45) is 5.41 Å². The van der Waals surface area contributed by atoms with Crippen LogP contribution in [0.2, 0.25) is 0 Å². The summed E-state index contributed by atoms with van der Waals surface area (Å²) in [6, 6.07) is 0.871. The Morgan fingerprint density at radius 3 is 2.72 bits per heavy atom. The molecule has 29 heavy (non-hydrogen) atoms. The zero-order chi connectivity index (χ0) is 21.0. The highest BCUT2D eigenvalue weighted by atomic mass is 32.1. The van der Waals surface area contributed by atoms with E-state index in [-0.39, 0.29) is 33.2 Å². The molecule has 1 aliphatic heterocycles. The maximum Gasteiger partial charge on any atom is 0.418 e. The largest absolute Gasteiger partial charge is 0.474 e. The number of halogens is 3. The highest BCUT2D eigenvalue weighted by Crippen LogP contribution is 2.50. The number of nitrogens with zero attached hydrogens (tertiary/aromatic N) is 2. The Morgan fingerprint density at radius 1 is 1.41 bits per heavy atom. The molecule has 1 saturated heterocycles. The standard InChI is InChI=1S/C18H18F3N3O4S/c1-22-15(25)10-7-29-14-11(18(19,20)21)4-12(23-13(10)14)28-9-5-17(6-9)2-3-24(8-17)16(26)27/h4,7,9H,2-3,5-6,8H2,1H3,(H,22,25)(H,26,27)/t9-,17+. The van der Waals surface area contributed by atoms with E-state index >= 15 is 0 Å². The van der Waals surface area contributed by atoms with E-state index in [2.05, 4.69) is 10.3 Å². The van der Waals surface area contributed by atoms with Gasteiger partial charge in [-0.3, -0.25) is 4.79 Å². The number of aromatic nitrogens is 1. The molecule has 3 heterocycles. The van der Waals surface area contributed by atoms with Crippen molar-refractivity contribution in [1.82, 2.24) is 15.2 Å². The first kappa shape index (κ1) is 19.7. The van der Waals surface area contributed by atoms with Crippen molar-refractivity contribution in [1.29, 1.82) is 0 Å². The second-order valence-corrected chi connectivity index (χ2v) is 8.39. The summed E-state index contributed by atoms with van der Waals surface area (Å²) in [5.41, 5.74) is -1.02. The van der Waals surface area contributed by atoms with Gasteiger partial charge in [0, 0.05) is 31.6 Å². The van der Waals surface area contributed by atoms with Crippen LogP contribution in [0.4, 0.5) is 18.0 Å². The van der Waals surface area contributed by atoms with Crippen LogP contribution in [0.1, 0.15) is 35.2 Å². The zero-order valence-electron chi connectivity index (χ0n) is 15.4. The predicted molar refractivity (Wildman–Crippen MR) is 98.3 cm³/mol. The van der Waals surface area contributed by atoms with E-state index in [1.807, 2.05) is 0 Å². The Labute approximate surface area is 167 Å². The minimum Gasteiger partial charge on any atom is -0.474 e. The van der Waals surface area contributed by atoms with Crippen LogP contribution in [0.3, 0.4) is 0 Å². The van der Waals surface area contributed by atoms with Gasteiger partial charge in [-0.05, 0) is 24.7 Å². The van der Waals surface area contributed by atoms with E-state index in [4.69, 9.17) is 9.84 Å². The van der Waals surface area contributed by atoms with E-state index in [1.165, 1.54) is 17.3 Å². The number of hydrogen-bond donors (Lipinski definition) is 2. The van der Waals surface area contributed by atoms with Crippen molar-refractivity contribution < 1.29 is 32.6 Å². The van der Waals surface area contributed by atoms with Gasteiger partial charge in [-0.25, -0.2) is 9.78 Å². The number of ether oxygens (including phenoxy) is 1. The highest BCUT2D eigenvalue weighted by molar-refractivity contribution is 7.17. The minimum absolute atomic E-state index is 0.0360. The lowest BCUT2D eigenvalue weighted by atomic mass is 9.66. The smallest absolute Gasteiger partial charge is 0.418 e. The summed E-state index contributed by atoms with van der Waals surface area (Å²) in [6.07, 6.45) is -4.08. The molecule has 0 aromatic carbocycles. The number of alkyl halides is 3. The third-order valence-electron chi connectivity index (χ3n) is 5.59. The third-order valence-corrected chi connectivity index (χ3v) is 6.60. The summed E-state index contributed by atoms with van der Waals surface area (Å²) < 4.78 is 46.2. The fourth-order valence-corrected chi connectivity index (χ4v) is 5.17. The maximum absolute atomic E-state index is 13.5. The maximum atomic E-state index is 13.5. The second-order valence-electron chi connectivity index (χ2n) is 7.51. The van der Waals surface area contributed by atoms with E-state index in [0.717, 1.165) is 17.4 Å². The molecule has 2 aromatic heterocycles. The minimum atomic E-state index is -4.61. The van der Waals surface area contributed by atoms with E-state index < -0.39 is 23.7 Å². The van der Waals surface area contributed by atoms with Crippen LogP contribution in [0.15, 0.2) is 11.4 Å². The van der Waals surface area contributed by atoms with Crippen LogP contribution >= 0.6 is 11.3 Å². The summed E-state index contributed by atoms with van der Waals surface area (Å²) in [5, 5.41) is 12.8. The summed E-state index contributed by atoms with van der Waals surface area (Å²) in [7, 11) is 1.40. The summed E-state index contributed by atoms with van der Waals surface area (Å²) >= 11 is 0.817. The molecule has 1 saturated carbocycles. The molecular formula is C18H18F3N3O4S. The average molecular weight is 429 g/mol. The Balaban J connectivity index is 1.58. The molecule has 2 N–H and O–H groups in total. The lowest BCUT2D eigenvalue weighted by Crippen LogP contribution is -2.46. The van der Waals surface area contributed by atoms with Crippen molar-refractivity contribution in [2.45, 2.75) is 31.5 Å². The molecule has 0 bridgehead atoms. The van der Waals surface area contributed by atoms with Crippen LogP contribution in [0, 0.1) is 5.41 Å². The number of pyridine rings is 1. The number of nitrogens with one attached hydrogen (secondary N) is 1. The lowest BCUT2D eigenvalue weighted by Gasteiger charge is -2.44. The van der Waals surface area contributed by atoms with Crippen LogP contribution in [-0.2, 0) is 6.18 Å². The van der Waals surface area contributed by atoms with Gasteiger partial charge in [-0.15, -0.1) is 11.3 Å². The highest BCUT2D eigenvalue weighted by Gasteiger charge is 2.51. The molecule has 2 fully saturated rings. The number of carboxylic acid groups (broad SMARTS) is 1. The number of likely N-dealkylation sites (tertiary alicyclic amines) is 1. The number of amides is 2. The van der Waals surface area contributed by atoms with Crippen molar-refractivity contribution in [3.8, 4) is 5.88 Å². The molecule has 1 aliphatic carbocycles. The van der Waals surface area contributed by atoms with Gasteiger partial charge in [0.25, 0.3) is 5.91 Å². The fraction of sp³-hybridized carbons (Fsp3) is 0.500. The SMILES string of the molecule is CNC(=O)c1csc2c(C(F)(F)F)cc(O[C@H]3C[C@]4(CCN(C(=O)O)C4)C3)nc12. The van der Waals surface area contributed by atoms with Crippen molar-refractivity contribution in [3.05, 3.63) is 22.6 Å². The van der Waals surface area contributed by atoms with Gasteiger partial charge < -0.3 is 20.1 Å². The predicted octanol–water partition coefficient (Wildman–Crippen LogP) is 3.59. The summed E-state index contributed by atoms with van der Waals surface area (Å²) in [6.45, 7) is 0.864. The quantitative estimate of drug-likeness (QED) is 0.778. The third kappa shape index (κ3) is 3.47. The van der Waals surface area contributed by atoms with Crippen molar-refractivity contribution in [3.63, 3.8) is 0 Å². The van der Waals surface area contributed by atoms with Crippen molar-refractivity contribution >= 4 is 33.6 Å². The van der Waals surface area contributed by atoms with Crippen molar-refractivity contribution in [2.75, 3.05) is 20.1 Å². The summed E-state index contributed by atoms with van der Waals surface area (Å²) in [4.78, 5) is 28.6. The van der Waals surface area contributed by atoms with E-state index in [1.54, 1.807) is 0 Å². The van der Waals surface area contributed by atoms with Gasteiger partial charge in [0.1, 0.15) is 6.10 Å². The molecule has 7 nitrogen and oxygen atoms in total. The Kier molecular flexibility index (Phi) is 4.60. The van der Waals surface area contributed by atoms with Gasteiger partial charge in [-0.2, -0.15) is 13.2 Å². The fourth-order valence-electron chi connectivity index (χ4n) is 4.14. The first-order valence-electron chi connectivity index (χ1n) is 8.98. The molecule has 2 aromatic rings. The molecule has 0 radical (unpaired) electrons. The van der Waals surface area contributed by atoms with Crippen LogP contribution < -0.4 is 10.1 Å². The molecule has 1 spiro atoms. The van der Waals surface area contributed by atoms with Crippen LogP contribution in [-0.4, -0.2) is 53.2 Å². The molecule has 0 unspecified atom stereocenters. The molecule has 2 amide bonds. The zero-order valence-corrected chi connectivity index (χ0v) is 16.2.